The van der Waals surface area contributed by atoms with Gasteiger partial charge < -0.3 is 10.1 Å². The average Bonchev–Trinajstić information content (AvgIpc) is 2.62. The normalized spacial score (nSPS) is 12.0. The van der Waals surface area contributed by atoms with E-state index in [-0.39, 0.29) is 18.6 Å². The van der Waals surface area contributed by atoms with E-state index in [4.69, 9.17) is 9.57 Å². The molecule has 0 saturated heterocycles. The van der Waals surface area contributed by atoms with Crippen LogP contribution in [0.4, 0.5) is 0 Å². The summed E-state index contributed by atoms with van der Waals surface area (Å²) in [5, 5.41) is 4.16. The van der Waals surface area contributed by atoms with E-state index in [1.807, 2.05) is 6.92 Å². The molecule has 0 aromatic carbocycles. The zero-order valence-corrected chi connectivity index (χ0v) is 16.4. The lowest BCUT2D eigenvalue weighted by atomic mass is 10.0. The Balaban J connectivity index is 4.03. The molecule has 1 N–H and O–H groups in total. The number of rotatable bonds is 18. The topological polar surface area (TPSA) is 67.9 Å². The minimum atomic E-state index is -0.0411. The van der Waals surface area contributed by atoms with Gasteiger partial charge >= 0.3 is 0 Å². The molecule has 0 bridgehead atoms. The maximum atomic E-state index is 12.6. The smallest absolute Gasteiger partial charge is 0.249 e. The molecule has 0 fully saturated rings. The van der Waals surface area contributed by atoms with Crippen molar-refractivity contribution in [1.29, 1.82) is 0 Å². The van der Waals surface area contributed by atoms with Gasteiger partial charge in [-0.05, 0) is 19.3 Å². The maximum Gasteiger partial charge on any atom is 0.249 e. The Kier molecular flexibility index (Phi) is 16.9. The SMILES string of the molecule is CCCCCCCN(OCOC)C(=O)C(C)CCCCCCNC=O. The predicted molar refractivity (Wildman–Crippen MR) is 99.7 cm³/mol. The van der Waals surface area contributed by atoms with E-state index in [0.717, 1.165) is 57.9 Å². The molecule has 25 heavy (non-hydrogen) atoms. The number of hydrogen-bond donors (Lipinski definition) is 1. The Bertz CT molecular complexity index is 327. The number of carbonyl (C=O) groups is 2. The van der Waals surface area contributed by atoms with Gasteiger partial charge in [-0.3, -0.25) is 9.59 Å². The van der Waals surface area contributed by atoms with Crippen LogP contribution in [0.25, 0.3) is 0 Å². The number of nitrogens with zero attached hydrogens (tertiary/aromatic N) is 1. The van der Waals surface area contributed by atoms with E-state index in [1.54, 1.807) is 7.11 Å². The fourth-order valence-corrected chi connectivity index (χ4v) is 2.67. The van der Waals surface area contributed by atoms with Crippen molar-refractivity contribution >= 4 is 12.3 Å². The van der Waals surface area contributed by atoms with E-state index in [2.05, 4.69) is 12.2 Å². The van der Waals surface area contributed by atoms with Crippen molar-refractivity contribution in [3.63, 3.8) is 0 Å². The van der Waals surface area contributed by atoms with Gasteiger partial charge in [-0.15, -0.1) is 0 Å². The van der Waals surface area contributed by atoms with Gasteiger partial charge in [-0.2, -0.15) is 0 Å². The third kappa shape index (κ3) is 13.8. The van der Waals surface area contributed by atoms with Crippen LogP contribution in [0.3, 0.4) is 0 Å². The number of unbranched alkanes of at least 4 members (excludes halogenated alkanes) is 7. The molecule has 0 aliphatic heterocycles. The molecule has 0 rings (SSSR count). The number of methoxy groups -OCH3 is 1. The lowest BCUT2D eigenvalue weighted by Gasteiger charge is -2.24. The van der Waals surface area contributed by atoms with E-state index < -0.39 is 0 Å². The quantitative estimate of drug-likeness (QED) is 0.176. The van der Waals surface area contributed by atoms with Gasteiger partial charge in [0.2, 0.25) is 12.3 Å². The molecular formula is C19H38N2O4. The van der Waals surface area contributed by atoms with Crippen LogP contribution in [-0.2, 0) is 19.2 Å². The molecule has 0 spiro atoms. The number of hydroxylamine groups is 2. The minimum Gasteiger partial charge on any atom is -0.359 e. The Morgan fingerprint density at radius 3 is 2.44 bits per heavy atom. The van der Waals surface area contributed by atoms with Gasteiger partial charge in [0.25, 0.3) is 0 Å². The maximum absolute atomic E-state index is 12.6. The first-order chi connectivity index (χ1) is 12.2. The van der Waals surface area contributed by atoms with Crippen LogP contribution >= 0.6 is 0 Å². The van der Waals surface area contributed by atoms with Crippen molar-refractivity contribution in [2.45, 2.75) is 78.1 Å². The molecule has 1 atom stereocenters. The van der Waals surface area contributed by atoms with Crippen LogP contribution < -0.4 is 5.32 Å². The number of hydrogen-bond acceptors (Lipinski definition) is 4. The van der Waals surface area contributed by atoms with Crippen LogP contribution in [-0.4, -0.2) is 44.4 Å². The molecular weight excluding hydrogens is 320 g/mol. The second kappa shape index (κ2) is 17.7. The van der Waals surface area contributed by atoms with Crippen molar-refractivity contribution in [2.75, 3.05) is 27.0 Å². The molecule has 148 valence electrons. The van der Waals surface area contributed by atoms with E-state index >= 15 is 0 Å². The van der Waals surface area contributed by atoms with E-state index in [0.29, 0.717) is 6.54 Å². The summed E-state index contributed by atoms with van der Waals surface area (Å²) >= 11 is 0. The molecule has 0 radical (unpaired) electrons. The van der Waals surface area contributed by atoms with Gasteiger partial charge in [-0.25, -0.2) is 9.90 Å². The highest BCUT2D eigenvalue weighted by atomic mass is 16.8. The average molecular weight is 359 g/mol. The van der Waals surface area contributed by atoms with Crippen molar-refractivity contribution in [3.8, 4) is 0 Å². The van der Waals surface area contributed by atoms with Gasteiger partial charge in [0, 0.05) is 26.1 Å². The Morgan fingerprint density at radius 1 is 1.08 bits per heavy atom. The second-order valence-corrected chi connectivity index (χ2v) is 6.57. The number of nitrogens with one attached hydrogen (secondary N) is 1. The van der Waals surface area contributed by atoms with Gasteiger partial charge in [0.05, 0.1) is 0 Å². The highest BCUT2D eigenvalue weighted by Crippen LogP contribution is 2.15. The predicted octanol–water partition coefficient (Wildman–Crippen LogP) is 3.65. The standard InChI is InChI=1S/C19H38N2O4/c1-4-5-6-9-12-15-21(25-17-24-3)19(23)18(2)13-10-7-8-11-14-20-16-22/h16,18H,4-15,17H2,1-3H3,(H,20,22). The van der Waals surface area contributed by atoms with Crippen LogP contribution in [0.15, 0.2) is 0 Å². The fourth-order valence-electron chi connectivity index (χ4n) is 2.67. The number of ether oxygens (including phenoxy) is 1. The monoisotopic (exact) mass is 358 g/mol. The molecule has 0 saturated carbocycles. The lowest BCUT2D eigenvalue weighted by Crippen LogP contribution is -2.36. The summed E-state index contributed by atoms with van der Waals surface area (Å²) in [5.41, 5.74) is 0. The summed E-state index contributed by atoms with van der Waals surface area (Å²) < 4.78 is 4.95. The molecule has 6 nitrogen and oxygen atoms in total. The number of carbonyl (C=O) groups excluding carboxylic acids is 2. The Hall–Kier alpha value is -1.14. The summed E-state index contributed by atoms with van der Waals surface area (Å²) in [6.07, 6.45) is 11.5. The van der Waals surface area contributed by atoms with Crippen LogP contribution in [0, 0.1) is 5.92 Å². The zero-order chi connectivity index (χ0) is 18.8. The first kappa shape index (κ1) is 23.9. The van der Waals surface area contributed by atoms with Crippen molar-refractivity contribution in [3.05, 3.63) is 0 Å². The van der Waals surface area contributed by atoms with Crippen molar-refractivity contribution in [2.24, 2.45) is 5.92 Å². The molecule has 0 aliphatic rings. The highest BCUT2D eigenvalue weighted by Gasteiger charge is 2.20. The number of amides is 2. The van der Waals surface area contributed by atoms with E-state index in [1.165, 1.54) is 24.3 Å². The zero-order valence-electron chi connectivity index (χ0n) is 16.4. The van der Waals surface area contributed by atoms with Gasteiger partial charge in [0.1, 0.15) is 0 Å². The van der Waals surface area contributed by atoms with Crippen LogP contribution in [0.2, 0.25) is 0 Å². The Morgan fingerprint density at radius 2 is 1.76 bits per heavy atom. The van der Waals surface area contributed by atoms with Crippen molar-refractivity contribution in [1.82, 2.24) is 10.4 Å². The molecule has 0 aliphatic carbocycles. The summed E-state index contributed by atoms with van der Waals surface area (Å²) in [5.74, 6) is 0.00996. The molecule has 1 unspecified atom stereocenters. The molecule has 6 heteroatoms. The molecule has 2 amide bonds. The third-order valence-electron chi connectivity index (χ3n) is 4.25. The minimum absolute atomic E-state index is 0.0411. The summed E-state index contributed by atoms with van der Waals surface area (Å²) in [4.78, 5) is 28.2. The fraction of sp³-hybridized carbons (Fsp3) is 0.895. The summed E-state index contributed by atoms with van der Waals surface area (Å²) in [6.45, 7) is 5.63. The molecule has 0 heterocycles. The van der Waals surface area contributed by atoms with Crippen molar-refractivity contribution < 1.29 is 19.2 Å². The first-order valence-electron chi connectivity index (χ1n) is 9.77. The van der Waals surface area contributed by atoms with E-state index in [9.17, 15) is 9.59 Å². The Labute approximate surface area is 153 Å². The molecule has 0 aromatic rings. The molecule has 0 aromatic heterocycles. The van der Waals surface area contributed by atoms with Gasteiger partial charge in [0.15, 0.2) is 6.79 Å². The van der Waals surface area contributed by atoms with Crippen LogP contribution in [0.1, 0.15) is 78.1 Å². The van der Waals surface area contributed by atoms with Gasteiger partial charge in [-0.1, -0.05) is 58.8 Å². The summed E-state index contributed by atoms with van der Waals surface area (Å²) in [6, 6.07) is 0. The highest BCUT2D eigenvalue weighted by molar-refractivity contribution is 5.77. The first-order valence-corrected chi connectivity index (χ1v) is 9.77. The summed E-state index contributed by atoms with van der Waals surface area (Å²) in [7, 11) is 1.56. The third-order valence-corrected chi connectivity index (χ3v) is 4.25. The van der Waals surface area contributed by atoms with Crippen LogP contribution in [0.5, 0.6) is 0 Å². The largest absolute Gasteiger partial charge is 0.359 e. The second-order valence-electron chi connectivity index (χ2n) is 6.57. The lowest BCUT2D eigenvalue weighted by molar-refractivity contribution is -0.222.